The van der Waals surface area contributed by atoms with Gasteiger partial charge in [0.2, 0.25) is 5.78 Å². The molecule has 0 amide bonds. The molecule has 6 heteroatoms. The molecule has 0 N–H and O–H groups in total. The summed E-state index contributed by atoms with van der Waals surface area (Å²) in [6.07, 6.45) is 1.47. The van der Waals surface area contributed by atoms with Gasteiger partial charge in [-0.25, -0.2) is 4.68 Å². The van der Waals surface area contributed by atoms with Crippen molar-refractivity contribution in [3.63, 3.8) is 0 Å². The van der Waals surface area contributed by atoms with Gasteiger partial charge < -0.3 is 0 Å². The fourth-order valence-electron chi connectivity index (χ4n) is 1.07. The summed E-state index contributed by atoms with van der Waals surface area (Å²) < 4.78 is 2.28. The van der Waals surface area contributed by atoms with E-state index in [2.05, 4.69) is 26.2 Å². The van der Waals surface area contributed by atoms with Crippen LogP contribution in [0, 0.1) is 0 Å². The van der Waals surface area contributed by atoms with Crippen LogP contribution in [-0.4, -0.2) is 20.8 Å². The van der Waals surface area contributed by atoms with Gasteiger partial charge in [0.25, 0.3) is 0 Å². The van der Waals surface area contributed by atoms with Gasteiger partial charge in [0.1, 0.15) is 5.69 Å². The Morgan fingerprint density at radius 3 is 2.93 bits per heavy atom. The third-order valence-electron chi connectivity index (χ3n) is 1.77. The number of halogens is 1. The minimum absolute atomic E-state index is 0.0561. The van der Waals surface area contributed by atoms with Crippen molar-refractivity contribution in [3.8, 4) is 0 Å². The molecule has 4 nitrogen and oxygen atoms in total. The molecule has 0 aliphatic rings. The Morgan fingerprint density at radius 1 is 1.64 bits per heavy atom. The Kier molecular flexibility index (Phi) is 2.47. The largest absolute Gasteiger partial charge is 0.286 e. The molecule has 0 atom stereocenters. The Hall–Kier alpha value is -1.01. The van der Waals surface area contributed by atoms with E-state index in [1.54, 1.807) is 7.05 Å². The number of carbonyl (C=O) groups excluding carboxylic acids is 1. The summed E-state index contributed by atoms with van der Waals surface area (Å²) in [7, 11) is 1.70. The van der Waals surface area contributed by atoms with Crippen molar-refractivity contribution in [1.82, 2.24) is 15.0 Å². The summed E-state index contributed by atoms with van der Waals surface area (Å²) in [6, 6.07) is 1.85. The van der Waals surface area contributed by atoms with Gasteiger partial charge in [-0.2, -0.15) is 0 Å². The van der Waals surface area contributed by atoms with E-state index in [9.17, 15) is 4.79 Å². The van der Waals surface area contributed by atoms with E-state index < -0.39 is 0 Å². The van der Waals surface area contributed by atoms with Gasteiger partial charge in [0.05, 0.1) is 11.1 Å². The first-order valence-corrected chi connectivity index (χ1v) is 5.50. The van der Waals surface area contributed by atoms with E-state index in [0.29, 0.717) is 10.6 Å². The highest BCUT2D eigenvalue weighted by Gasteiger charge is 2.17. The molecule has 0 saturated carbocycles. The van der Waals surface area contributed by atoms with Crippen LogP contribution < -0.4 is 0 Å². The van der Waals surface area contributed by atoms with Gasteiger partial charge in [-0.1, -0.05) is 5.21 Å². The van der Waals surface area contributed by atoms with Gasteiger partial charge in [-0.3, -0.25) is 4.79 Å². The molecule has 0 bridgehead atoms. The quantitative estimate of drug-likeness (QED) is 0.784. The zero-order valence-electron chi connectivity index (χ0n) is 7.27. The molecule has 0 aliphatic carbocycles. The number of rotatable bonds is 2. The number of thiophene rings is 1. The number of nitrogens with zero attached hydrogens (tertiary/aromatic N) is 3. The molecular formula is C8H6BrN3OS. The predicted octanol–water partition coefficient (Wildman–Crippen LogP) is 1.87. The van der Waals surface area contributed by atoms with Gasteiger partial charge >= 0.3 is 0 Å². The second-order valence-electron chi connectivity index (χ2n) is 2.67. The average molecular weight is 272 g/mol. The summed E-state index contributed by atoms with van der Waals surface area (Å²) in [6.45, 7) is 0. The smallest absolute Gasteiger partial charge is 0.223 e. The van der Waals surface area contributed by atoms with E-state index >= 15 is 0 Å². The lowest BCUT2D eigenvalue weighted by atomic mass is 10.2. The van der Waals surface area contributed by atoms with Crippen molar-refractivity contribution in [2.45, 2.75) is 0 Å². The maximum Gasteiger partial charge on any atom is 0.223 e. The summed E-state index contributed by atoms with van der Waals surface area (Å²) in [5.74, 6) is -0.0561. The molecule has 2 aromatic rings. The third-order valence-corrected chi connectivity index (χ3v) is 3.61. The third kappa shape index (κ3) is 1.51. The zero-order chi connectivity index (χ0) is 10.1. The SMILES string of the molecule is Cn1nncc1C(=O)c1sccc1Br. The fraction of sp³-hybridized carbons (Fsp3) is 0.125. The Morgan fingerprint density at radius 2 is 2.43 bits per heavy atom. The second kappa shape index (κ2) is 3.62. The minimum atomic E-state index is -0.0561. The van der Waals surface area contributed by atoms with E-state index in [-0.39, 0.29) is 5.78 Å². The topological polar surface area (TPSA) is 47.8 Å². The monoisotopic (exact) mass is 271 g/mol. The van der Waals surface area contributed by atoms with Crippen molar-refractivity contribution in [1.29, 1.82) is 0 Å². The lowest BCUT2D eigenvalue weighted by Crippen LogP contribution is -2.06. The van der Waals surface area contributed by atoms with Crippen LogP contribution >= 0.6 is 27.3 Å². The van der Waals surface area contributed by atoms with E-state index in [4.69, 9.17) is 0 Å². The van der Waals surface area contributed by atoms with Crippen molar-refractivity contribution in [2.75, 3.05) is 0 Å². The summed E-state index contributed by atoms with van der Waals surface area (Å²) in [4.78, 5) is 12.6. The lowest BCUT2D eigenvalue weighted by Gasteiger charge is -1.97. The Balaban J connectivity index is 2.44. The van der Waals surface area contributed by atoms with Crippen molar-refractivity contribution < 1.29 is 4.79 Å². The van der Waals surface area contributed by atoms with Crippen molar-refractivity contribution >= 4 is 33.0 Å². The summed E-state index contributed by atoms with van der Waals surface area (Å²) in [5, 5.41) is 9.24. The highest BCUT2D eigenvalue weighted by molar-refractivity contribution is 9.10. The van der Waals surface area contributed by atoms with Crippen LogP contribution in [0.1, 0.15) is 15.4 Å². The van der Waals surface area contributed by atoms with Gasteiger partial charge in [-0.15, -0.1) is 16.4 Å². The molecule has 0 saturated heterocycles. The molecule has 2 rings (SSSR count). The number of aryl methyl sites for hydroxylation is 1. The molecule has 0 radical (unpaired) electrons. The highest BCUT2D eigenvalue weighted by Crippen LogP contribution is 2.24. The number of aromatic nitrogens is 3. The average Bonchev–Trinajstić information content (AvgIpc) is 2.73. The van der Waals surface area contributed by atoms with Crippen LogP contribution in [0.5, 0.6) is 0 Å². The van der Waals surface area contributed by atoms with Crippen LogP contribution in [-0.2, 0) is 7.05 Å². The number of carbonyl (C=O) groups is 1. The Bertz CT molecular complexity index is 434. The minimum Gasteiger partial charge on any atom is -0.286 e. The first kappa shape index (κ1) is 9.54. The van der Waals surface area contributed by atoms with Crippen LogP contribution in [0.25, 0.3) is 0 Å². The van der Waals surface area contributed by atoms with Crippen LogP contribution in [0.2, 0.25) is 0 Å². The van der Waals surface area contributed by atoms with Gasteiger partial charge in [0, 0.05) is 11.5 Å². The summed E-state index contributed by atoms with van der Waals surface area (Å²) >= 11 is 4.72. The Labute approximate surface area is 92.7 Å². The molecule has 2 heterocycles. The second-order valence-corrected chi connectivity index (χ2v) is 4.44. The highest BCUT2D eigenvalue weighted by atomic mass is 79.9. The normalized spacial score (nSPS) is 10.4. The predicted molar refractivity (Wildman–Crippen MR) is 56.5 cm³/mol. The molecule has 0 fully saturated rings. The van der Waals surface area contributed by atoms with Gasteiger partial charge in [-0.05, 0) is 27.4 Å². The maximum atomic E-state index is 11.9. The molecule has 0 spiro atoms. The lowest BCUT2D eigenvalue weighted by molar-refractivity contribution is 0.103. The van der Waals surface area contributed by atoms with Crippen LogP contribution in [0.3, 0.4) is 0 Å². The fourth-order valence-corrected chi connectivity index (χ4v) is 2.57. The van der Waals surface area contributed by atoms with Crippen LogP contribution in [0.4, 0.5) is 0 Å². The molecule has 14 heavy (non-hydrogen) atoms. The van der Waals surface area contributed by atoms with E-state index in [1.807, 2.05) is 11.4 Å². The molecule has 0 aromatic carbocycles. The molecule has 0 unspecified atom stereocenters. The van der Waals surface area contributed by atoms with Crippen molar-refractivity contribution in [2.24, 2.45) is 7.05 Å². The zero-order valence-corrected chi connectivity index (χ0v) is 9.67. The molecular weight excluding hydrogens is 266 g/mol. The first-order chi connectivity index (χ1) is 6.70. The number of ketones is 1. The number of hydrogen-bond donors (Lipinski definition) is 0. The number of hydrogen-bond acceptors (Lipinski definition) is 4. The maximum absolute atomic E-state index is 11.9. The first-order valence-electron chi connectivity index (χ1n) is 3.82. The van der Waals surface area contributed by atoms with Crippen molar-refractivity contribution in [3.05, 3.63) is 32.7 Å². The van der Waals surface area contributed by atoms with Gasteiger partial charge in [0.15, 0.2) is 0 Å². The van der Waals surface area contributed by atoms with Crippen LogP contribution in [0.15, 0.2) is 22.1 Å². The standard InChI is InChI=1S/C8H6BrN3OS/c1-12-6(4-10-11-12)7(13)8-5(9)2-3-14-8/h2-4H,1H3. The molecule has 72 valence electrons. The van der Waals surface area contributed by atoms with E-state index in [0.717, 1.165) is 4.47 Å². The van der Waals surface area contributed by atoms with E-state index in [1.165, 1.54) is 22.2 Å². The molecule has 2 aromatic heterocycles. The summed E-state index contributed by atoms with van der Waals surface area (Å²) in [5.41, 5.74) is 0.494. The molecule has 0 aliphatic heterocycles.